The van der Waals surface area contributed by atoms with E-state index in [9.17, 15) is 4.79 Å². The zero-order valence-electron chi connectivity index (χ0n) is 6.84. The van der Waals surface area contributed by atoms with Crippen LogP contribution in [0.1, 0.15) is 13.3 Å². The molecule has 0 unspecified atom stereocenters. The summed E-state index contributed by atoms with van der Waals surface area (Å²) in [5.41, 5.74) is 0. The highest BCUT2D eigenvalue weighted by Gasteiger charge is 1.95. The molecule has 0 aliphatic carbocycles. The van der Waals surface area contributed by atoms with Gasteiger partial charge in [-0.15, -0.1) is 6.58 Å². The largest absolute Gasteiger partial charge is 0.463 e. The van der Waals surface area contributed by atoms with E-state index in [1.54, 1.807) is 13.0 Å². The van der Waals surface area contributed by atoms with Crippen LogP contribution in [0.15, 0.2) is 12.7 Å². The van der Waals surface area contributed by atoms with Crippen molar-refractivity contribution < 1.29 is 14.3 Å². The molecule has 0 aromatic rings. The van der Waals surface area contributed by atoms with E-state index in [0.717, 1.165) is 0 Å². The number of carbonyl (C=O) groups excluding carboxylic acids is 1. The first-order valence-corrected chi connectivity index (χ1v) is 3.65. The van der Waals surface area contributed by atoms with Crippen LogP contribution in [-0.2, 0) is 14.3 Å². The summed E-state index contributed by atoms with van der Waals surface area (Å²) in [7, 11) is 0. The molecule has 3 heteroatoms. The van der Waals surface area contributed by atoms with Gasteiger partial charge in [0.15, 0.2) is 0 Å². The Bertz CT molecular complexity index is 121. The number of esters is 1. The monoisotopic (exact) mass is 158 g/mol. The van der Waals surface area contributed by atoms with Crippen LogP contribution in [0.25, 0.3) is 0 Å². The van der Waals surface area contributed by atoms with Gasteiger partial charge in [0.1, 0.15) is 6.61 Å². The molecule has 0 rings (SSSR count). The molecular formula is C8H14O3. The molecule has 0 saturated heterocycles. The van der Waals surface area contributed by atoms with Gasteiger partial charge < -0.3 is 9.47 Å². The molecule has 0 aromatic carbocycles. The molecule has 0 aliphatic rings. The molecule has 0 N–H and O–H groups in total. The fourth-order valence-corrected chi connectivity index (χ4v) is 0.483. The highest BCUT2D eigenvalue weighted by atomic mass is 16.6. The van der Waals surface area contributed by atoms with Gasteiger partial charge in [-0.3, -0.25) is 4.79 Å². The van der Waals surface area contributed by atoms with Crippen LogP contribution < -0.4 is 0 Å². The minimum absolute atomic E-state index is 0.188. The number of rotatable bonds is 6. The quantitative estimate of drug-likeness (QED) is 0.330. The fraction of sp³-hybridized carbons (Fsp3) is 0.625. The summed E-state index contributed by atoms with van der Waals surface area (Å²) in [5, 5.41) is 0. The van der Waals surface area contributed by atoms with E-state index in [1.165, 1.54) is 0 Å². The van der Waals surface area contributed by atoms with Crippen LogP contribution in [0, 0.1) is 0 Å². The Hall–Kier alpha value is -0.830. The Morgan fingerprint density at radius 1 is 1.55 bits per heavy atom. The number of carbonyl (C=O) groups is 1. The molecule has 3 nitrogen and oxygen atoms in total. The molecule has 0 radical (unpaired) electrons. The van der Waals surface area contributed by atoms with Gasteiger partial charge in [-0.2, -0.15) is 0 Å². The number of hydrogen-bond donors (Lipinski definition) is 0. The maximum atomic E-state index is 10.5. The lowest BCUT2D eigenvalue weighted by Crippen LogP contribution is -2.09. The molecule has 0 aromatic heterocycles. The maximum Gasteiger partial charge on any atom is 0.305 e. The molecule has 0 aliphatic heterocycles. The fourth-order valence-electron chi connectivity index (χ4n) is 0.483. The summed E-state index contributed by atoms with van der Waals surface area (Å²) in [4.78, 5) is 10.5. The van der Waals surface area contributed by atoms with Crippen molar-refractivity contribution in [2.75, 3.05) is 19.8 Å². The first-order chi connectivity index (χ1) is 5.31. The van der Waals surface area contributed by atoms with Crippen molar-refractivity contribution in [1.82, 2.24) is 0 Å². The summed E-state index contributed by atoms with van der Waals surface area (Å²) in [6, 6.07) is 0. The van der Waals surface area contributed by atoms with Gasteiger partial charge in [-0.05, 0) is 0 Å². The van der Waals surface area contributed by atoms with Gasteiger partial charge in [0.2, 0.25) is 0 Å². The standard InChI is InChI=1S/C8H14O3/c1-3-5-10-6-7-11-8(9)4-2/h3H,1,4-7H2,2H3. The van der Waals surface area contributed by atoms with Crippen LogP contribution in [0.4, 0.5) is 0 Å². The number of hydrogen-bond acceptors (Lipinski definition) is 3. The van der Waals surface area contributed by atoms with Gasteiger partial charge in [0, 0.05) is 6.42 Å². The molecule has 0 atom stereocenters. The van der Waals surface area contributed by atoms with Crippen molar-refractivity contribution in [2.45, 2.75) is 13.3 Å². The highest BCUT2D eigenvalue weighted by Crippen LogP contribution is 1.84. The molecule has 0 bridgehead atoms. The van der Waals surface area contributed by atoms with Crippen molar-refractivity contribution in [3.8, 4) is 0 Å². The summed E-state index contributed by atoms with van der Waals surface area (Å²) >= 11 is 0. The van der Waals surface area contributed by atoms with Gasteiger partial charge in [-0.25, -0.2) is 0 Å². The van der Waals surface area contributed by atoms with Crippen molar-refractivity contribution in [3.63, 3.8) is 0 Å². The summed E-state index contributed by atoms with van der Waals surface area (Å²) in [5.74, 6) is -0.188. The summed E-state index contributed by atoms with van der Waals surface area (Å²) in [6.45, 7) is 6.51. The van der Waals surface area contributed by atoms with E-state index in [-0.39, 0.29) is 5.97 Å². The zero-order valence-corrected chi connectivity index (χ0v) is 6.84. The molecule has 0 fully saturated rings. The van der Waals surface area contributed by atoms with E-state index in [2.05, 4.69) is 6.58 Å². The predicted octanol–water partition coefficient (Wildman–Crippen LogP) is 1.14. The van der Waals surface area contributed by atoms with Crippen LogP contribution in [0.2, 0.25) is 0 Å². The summed E-state index contributed by atoms with van der Waals surface area (Å²) < 4.78 is 9.72. The van der Waals surface area contributed by atoms with E-state index < -0.39 is 0 Å². The van der Waals surface area contributed by atoms with Gasteiger partial charge in [0.25, 0.3) is 0 Å². The van der Waals surface area contributed by atoms with E-state index in [1.807, 2.05) is 0 Å². The van der Waals surface area contributed by atoms with E-state index in [4.69, 9.17) is 9.47 Å². The SMILES string of the molecule is C=CCOCCOC(=O)CC. The first-order valence-electron chi connectivity index (χ1n) is 3.65. The van der Waals surface area contributed by atoms with Crippen LogP contribution in [0.3, 0.4) is 0 Å². The lowest BCUT2D eigenvalue weighted by atomic mass is 10.5. The average molecular weight is 158 g/mol. The lowest BCUT2D eigenvalue weighted by Gasteiger charge is -2.02. The molecular weight excluding hydrogens is 144 g/mol. The predicted molar refractivity (Wildman–Crippen MR) is 42.3 cm³/mol. The second kappa shape index (κ2) is 7.28. The second-order valence-electron chi connectivity index (χ2n) is 1.94. The molecule has 11 heavy (non-hydrogen) atoms. The van der Waals surface area contributed by atoms with Crippen molar-refractivity contribution in [1.29, 1.82) is 0 Å². The zero-order chi connectivity index (χ0) is 8.53. The van der Waals surface area contributed by atoms with Crippen LogP contribution >= 0.6 is 0 Å². The van der Waals surface area contributed by atoms with Crippen LogP contribution in [0.5, 0.6) is 0 Å². The Labute approximate surface area is 67.0 Å². The third-order valence-corrected chi connectivity index (χ3v) is 1.02. The third kappa shape index (κ3) is 7.06. The van der Waals surface area contributed by atoms with Gasteiger partial charge in [0.05, 0.1) is 13.2 Å². The van der Waals surface area contributed by atoms with Crippen molar-refractivity contribution in [2.24, 2.45) is 0 Å². The molecule has 0 heterocycles. The van der Waals surface area contributed by atoms with E-state index >= 15 is 0 Å². The van der Waals surface area contributed by atoms with Gasteiger partial charge >= 0.3 is 5.97 Å². The minimum atomic E-state index is -0.188. The Balaban J connectivity index is 3.01. The minimum Gasteiger partial charge on any atom is -0.463 e. The van der Waals surface area contributed by atoms with Crippen LogP contribution in [-0.4, -0.2) is 25.8 Å². The summed E-state index contributed by atoms with van der Waals surface area (Å²) in [6.07, 6.45) is 2.07. The molecule has 0 amide bonds. The highest BCUT2D eigenvalue weighted by molar-refractivity contribution is 5.68. The third-order valence-electron chi connectivity index (χ3n) is 1.02. The molecule has 0 spiro atoms. The second-order valence-corrected chi connectivity index (χ2v) is 1.94. The van der Waals surface area contributed by atoms with Crippen molar-refractivity contribution in [3.05, 3.63) is 12.7 Å². The normalized spacial score (nSPS) is 9.18. The smallest absolute Gasteiger partial charge is 0.305 e. The number of ether oxygens (including phenoxy) is 2. The Morgan fingerprint density at radius 3 is 2.82 bits per heavy atom. The Kier molecular flexibility index (Phi) is 6.73. The maximum absolute atomic E-state index is 10.5. The lowest BCUT2D eigenvalue weighted by molar-refractivity contribution is -0.144. The van der Waals surface area contributed by atoms with E-state index in [0.29, 0.717) is 26.2 Å². The van der Waals surface area contributed by atoms with Crippen molar-refractivity contribution >= 4 is 5.97 Å². The molecule has 64 valence electrons. The van der Waals surface area contributed by atoms with Gasteiger partial charge in [-0.1, -0.05) is 13.0 Å². The topological polar surface area (TPSA) is 35.5 Å². The molecule has 0 saturated carbocycles. The first kappa shape index (κ1) is 10.2. The average Bonchev–Trinajstić information content (AvgIpc) is 2.04. The Morgan fingerprint density at radius 2 is 2.27 bits per heavy atom.